The second-order valence-corrected chi connectivity index (χ2v) is 4.70. The van der Waals surface area contributed by atoms with E-state index in [-0.39, 0.29) is 12.1 Å². The van der Waals surface area contributed by atoms with E-state index in [4.69, 9.17) is 9.47 Å². The van der Waals surface area contributed by atoms with Gasteiger partial charge in [0.05, 0.1) is 19.8 Å². The number of nitrogens with one attached hydrogen (secondary N) is 2. The molecular formula is C15H24N2O3. The molecule has 0 atom stereocenters. The predicted octanol–water partition coefficient (Wildman–Crippen LogP) is 2.77. The largest absolute Gasteiger partial charge is 0.379 e. The lowest BCUT2D eigenvalue weighted by molar-refractivity contribution is 0.0453. The average molecular weight is 280 g/mol. The molecule has 2 N–H and O–H groups in total. The van der Waals surface area contributed by atoms with E-state index in [0.717, 1.165) is 11.3 Å². The van der Waals surface area contributed by atoms with E-state index in [1.165, 1.54) is 0 Å². The van der Waals surface area contributed by atoms with Gasteiger partial charge in [-0.1, -0.05) is 12.1 Å². The van der Waals surface area contributed by atoms with Crippen LogP contribution in [0.5, 0.6) is 0 Å². The number of carbonyl (C=O) groups excluding carboxylic acids is 1. The van der Waals surface area contributed by atoms with Crippen LogP contribution in [-0.2, 0) is 16.1 Å². The van der Waals surface area contributed by atoms with Gasteiger partial charge in [0.15, 0.2) is 0 Å². The average Bonchev–Trinajstić information content (AvgIpc) is 2.38. The number of urea groups is 1. The molecule has 5 heteroatoms. The van der Waals surface area contributed by atoms with Crippen LogP contribution in [0.25, 0.3) is 0 Å². The molecule has 0 aliphatic heterocycles. The molecule has 0 radical (unpaired) electrons. The van der Waals surface area contributed by atoms with Crippen LogP contribution in [0.2, 0.25) is 0 Å². The number of carbonyl (C=O) groups is 1. The van der Waals surface area contributed by atoms with Crippen LogP contribution in [0.1, 0.15) is 26.3 Å². The molecule has 0 bridgehead atoms. The zero-order valence-corrected chi connectivity index (χ0v) is 12.4. The van der Waals surface area contributed by atoms with Gasteiger partial charge in [0.2, 0.25) is 0 Å². The number of amides is 2. The van der Waals surface area contributed by atoms with Crippen LogP contribution in [-0.4, -0.2) is 31.9 Å². The Kier molecular flexibility index (Phi) is 7.69. The molecule has 0 aliphatic rings. The van der Waals surface area contributed by atoms with Crippen molar-refractivity contribution in [1.82, 2.24) is 5.32 Å². The normalized spacial score (nSPS) is 10.6. The van der Waals surface area contributed by atoms with Crippen molar-refractivity contribution in [3.8, 4) is 0 Å². The number of hydrogen-bond acceptors (Lipinski definition) is 3. The molecule has 20 heavy (non-hydrogen) atoms. The van der Waals surface area contributed by atoms with Crippen LogP contribution in [0.4, 0.5) is 10.5 Å². The van der Waals surface area contributed by atoms with Gasteiger partial charge in [0.25, 0.3) is 0 Å². The molecule has 1 rings (SSSR count). The van der Waals surface area contributed by atoms with Crippen molar-refractivity contribution in [2.24, 2.45) is 0 Å². The lowest BCUT2D eigenvalue weighted by atomic mass is 10.2. The van der Waals surface area contributed by atoms with Crippen molar-refractivity contribution >= 4 is 11.7 Å². The summed E-state index contributed by atoms with van der Waals surface area (Å²) in [7, 11) is 0. The monoisotopic (exact) mass is 280 g/mol. The Hall–Kier alpha value is -1.59. The van der Waals surface area contributed by atoms with Crippen molar-refractivity contribution in [3.63, 3.8) is 0 Å². The maximum Gasteiger partial charge on any atom is 0.319 e. The van der Waals surface area contributed by atoms with Crippen molar-refractivity contribution in [2.45, 2.75) is 33.4 Å². The minimum absolute atomic E-state index is 0.111. The highest BCUT2D eigenvalue weighted by Crippen LogP contribution is 2.11. The molecule has 0 saturated heterocycles. The number of hydrogen-bond donors (Lipinski definition) is 2. The number of anilines is 1. The lowest BCUT2D eigenvalue weighted by Crippen LogP contribution is -2.34. The topological polar surface area (TPSA) is 59.6 Å². The third kappa shape index (κ3) is 7.11. The third-order valence-electron chi connectivity index (χ3n) is 2.45. The van der Waals surface area contributed by atoms with Gasteiger partial charge in [-0.05, 0) is 38.5 Å². The standard InChI is InChI=1S/C15H24N2O3/c1-4-19-8-9-20-11-13-6-5-7-14(10-13)17-15(18)16-12(2)3/h5-7,10,12H,4,8-9,11H2,1-3H3,(H2,16,17,18). The Morgan fingerprint density at radius 1 is 1.25 bits per heavy atom. The molecule has 0 spiro atoms. The Bertz CT molecular complexity index is 408. The van der Waals surface area contributed by atoms with Gasteiger partial charge in [-0.25, -0.2) is 4.79 Å². The highest BCUT2D eigenvalue weighted by Gasteiger charge is 2.03. The van der Waals surface area contributed by atoms with E-state index < -0.39 is 0 Å². The molecule has 0 saturated carbocycles. The zero-order chi connectivity index (χ0) is 14.8. The van der Waals surface area contributed by atoms with Crippen molar-refractivity contribution in [1.29, 1.82) is 0 Å². The van der Waals surface area contributed by atoms with Crippen LogP contribution < -0.4 is 10.6 Å². The van der Waals surface area contributed by atoms with Crippen LogP contribution in [0.15, 0.2) is 24.3 Å². The fraction of sp³-hybridized carbons (Fsp3) is 0.533. The number of benzene rings is 1. The summed E-state index contributed by atoms with van der Waals surface area (Å²) in [5, 5.41) is 5.57. The molecule has 0 fully saturated rings. The van der Waals surface area contributed by atoms with Gasteiger partial charge in [-0.15, -0.1) is 0 Å². The van der Waals surface area contributed by atoms with Gasteiger partial charge >= 0.3 is 6.03 Å². The molecular weight excluding hydrogens is 256 g/mol. The summed E-state index contributed by atoms with van der Waals surface area (Å²) < 4.78 is 10.7. The Labute approximate surface area is 120 Å². The first-order valence-electron chi connectivity index (χ1n) is 6.93. The summed E-state index contributed by atoms with van der Waals surface area (Å²) in [6, 6.07) is 7.53. The predicted molar refractivity (Wildman–Crippen MR) is 79.9 cm³/mol. The molecule has 0 aromatic heterocycles. The van der Waals surface area contributed by atoms with Gasteiger partial charge in [0.1, 0.15) is 0 Å². The molecule has 1 aromatic carbocycles. The highest BCUT2D eigenvalue weighted by molar-refractivity contribution is 5.89. The molecule has 0 heterocycles. The fourth-order valence-electron chi connectivity index (χ4n) is 1.62. The minimum Gasteiger partial charge on any atom is -0.379 e. The summed E-state index contributed by atoms with van der Waals surface area (Å²) in [4.78, 5) is 11.6. The number of rotatable bonds is 8. The SMILES string of the molecule is CCOCCOCc1cccc(NC(=O)NC(C)C)c1. The second kappa shape index (κ2) is 9.34. The molecule has 0 unspecified atom stereocenters. The molecule has 0 aliphatic carbocycles. The first-order valence-corrected chi connectivity index (χ1v) is 6.93. The summed E-state index contributed by atoms with van der Waals surface area (Å²) >= 11 is 0. The van der Waals surface area contributed by atoms with Gasteiger partial charge in [-0.3, -0.25) is 0 Å². The second-order valence-electron chi connectivity index (χ2n) is 4.70. The quantitative estimate of drug-likeness (QED) is 0.720. The first kappa shape index (κ1) is 16.5. The molecule has 112 valence electrons. The van der Waals surface area contributed by atoms with E-state index in [2.05, 4.69) is 10.6 Å². The summed E-state index contributed by atoms with van der Waals surface area (Å²) in [5.41, 5.74) is 1.78. The Morgan fingerprint density at radius 3 is 2.70 bits per heavy atom. The lowest BCUT2D eigenvalue weighted by Gasteiger charge is -2.11. The summed E-state index contributed by atoms with van der Waals surface area (Å²) in [6.45, 7) is 8.18. The Balaban J connectivity index is 2.39. The van der Waals surface area contributed by atoms with E-state index in [0.29, 0.717) is 26.4 Å². The third-order valence-corrected chi connectivity index (χ3v) is 2.45. The van der Waals surface area contributed by atoms with Crippen molar-refractivity contribution in [2.75, 3.05) is 25.1 Å². The van der Waals surface area contributed by atoms with E-state index in [9.17, 15) is 4.79 Å². The highest BCUT2D eigenvalue weighted by atomic mass is 16.5. The zero-order valence-electron chi connectivity index (χ0n) is 12.4. The van der Waals surface area contributed by atoms with E-state index >= 15 is 0 Å². The van der Waals surface area contributed by atoms with E-state index in [1.54, 1.807) is 0 Å². The minimum atomic E-state index is -0.200. The van der Waals surface area contributed by atoms with Crippen LogP contribution in [0.3, 0.4) is 0 Å². The van der Waals surface area contributed by atoms with Gasteiger partial charge < -0.3 is 20.1 Å². The molecule has 1 aromatic rings. The molecule has 2 amide bonds. The first-order chi connectivity index (χ1) is 9.61. The van der Waals surface area contributed by atoms with Crippen molar-refractivity contribution < 1.29 is 14.3 Å². The van der Waals surface area contributed by atoms with Crippen molar-refractivity contribution in [3.05, 3.63) is 29.8 Å². The smallest absolute Gasteiger partial charge is 0.319 e. The van der Waals surface area contributed by atoms with Gasteiger partial charge in [0, 0.05) is 18.3 Å². The van der Waals surface area contributed by atoms with Gasteiger partial charge in [-0.2, -0.15) is 0 Å². The Morgan fingerprint density at radius 2 is 2.00 bits per heavy atom. The van der Waals surface area contributed by atoms with Crippen LogP contribution in [0, 0.1) is 0 Å². The van der Waals surface area contributed by atoms with Crippen LogP contribution >= 0.6 is 0 Å². The number of ether oxygens (including phenoxy) is 2. The maximum absolute atomic E-state index is 11.6. The summed E-state index contributed by atoms with van der Waals surface area (Å²) in [5.74, 6) is 0. The maximum atomic E-state index is 11.6. The molecule has 5 nitrogen and oxygen atoms in total. The summed E-state index contributed by atoms with van der Waals surface area (Å²) in [6.07, 6.45) is 0. The van der Waals surface area contributed by atoms with E-state index in [1.807, 2.05) is 45.0 Å². The fourth-order valence-corrected chi connectivity index (χ4v) is 1.62.